The van der Waals surface area contributed by atoms with Gasteiger partial charge in [-0.2, -0.15) is 0 Å². The summed E-state index contributed by atoms with van der Waals surface area (Å²) in [6, 6.07) is 15.0. The van der Waals surface area contributed by atoms with Crippen LogP contribution in [0.1, 0.15) is 61.4 Å². The molecule has 1 aliphatic rings. The predicted molar refractivity (Wildman–Crippen MR) is 115 cm³/mol. The fourth-order valence-electron chi connectivity index (χ4n) is 3.62. The number of hydrogen-bond acceptors (Lipinski definition) is 3. The summed E-state index contributed by atoms with van der Waals surface area (Å²) in [4.78, 5) is 25.6. The molecule has 154 valence electrons. The summed E-state index contributed by atoms with van der Waals surface area (Å²) in [7, 11) is 0. The molecule has 2 aromatic rings. The lowest BCUT2D eigenvalue weighted by molar-refractivity contribution is -0.122. The molecule has 1 atom stereocenters. The van der Waals surface area contributed by atoms with Gasteiger partial charge in [0, 0.05) is 6.04 Å². The van der Waals surface area contributed by atoms with Crippen LogP contribution in [0, 0.1) is 6.92 Å². The average molecular weight is 395 g/mol. The maximum Gasteiger partial charge on any atom is 0.265 e. The van der Waals surface area contributed by atoms with E-state index in [0.717, 1.165) is 31.2 Å². The molecule has 1 aliphatic carbocycles. The molecule has 0 heterocycles. The highest BCUT2D eigenvalue weighted by Crippen LogP contribution is 2.21. The average Bonchev–Trinajstić information content (AvgIpc) is 2.74. The number of ether oxygens (including phenoxy) is 1. The largest absolute Gasteiger partial charge is 0.481 e. The van der Waals surface area contributed by atoms with E-state index in [1.807, 2.05) is 50.2 Å². The number of anilines is 1. The molecule has 1 unspecified atom stereocenters. The molecule has 0 aromatic heterocycles. The highest BCUT2D eigenvalue weighted by Gasteiger charge is 2.22. The second kappa shape index (κ2) is 10.1. The van der Waals surface area contributed by atoms with E-state index in [0.29, 0.717) is 23.4 Å². The van der Waals surface area contributed by atoms with Crippen LogP contribution in [0.25, 0.3) is 0 Å². The van der Waals surface area contributed by atoms with E-state index in [2.05, 4.69) is 10.6 Å². The van der Waals surface area contributed by atoms with Crippen molar-refractivity contribution >= 4 is 17.5 Å². The molecule has 0 saturated heterocycles. The zero-order valence-corrected chi connectivity index (χ0v) is 17.2. The van der Waals surface area contributed by atoms with E-state index in [1.165, 1.54) is 6.42 Å². The second-order valence-electron chi connectivity index (χ2n) is 7.67. The number of amides is 2. The molecule has 1 fully saturated rings. The zero-order chi connectivity index (χ0) is 20.6. The lowest BCUT2D eigenvalue weighted by Crippen LogP contribution is -2.37. The van der Waals surface area contributed by atoms with E-state index >= 15 is 0 Å². The minimum atomic E-state index is -0.632. The number of aryl methyl sites for hydroxylation is 1. The van der Waals surface area contributed by atoms with Crippen molar-refractivity contribution in [1.82, 2.24) is 5.32 Å². The summed E-state index contributed by atoms with van der Waals surface area (Å²) in [5.74, 6) is 0.257. The molecule has 0 bridgehead atoms. The molecule has 5 nitrogen and oxygen atoms in total. The lowest BCUT2D eigenvalue weighted by atomic mass is 9.95. The minimum Gasteiger partial charge on any atom is -0.481 e. The van der Waals surface area contributed by atoms with E-state index in [-0.39, 0.29) is 17.9 Å². The summed E-state index contributed by atoms with van der Waals surface area (Å²) < 4.78 is 5.86. The van der Waals surface area contributed by atoms with Crippen LogP contribution in [-0.4, -0.2) is 24.0 Å². The monoisotopic (exact) mass is 394 g/mol. The van der Waals surface area contributed by atoms with Gasteiger partial charge in [0.05, 0.1) is 11.3 Å². The van der Waals surface area contributed by atoms with Crippen LogP contribution in [-0.2, 0) is 4.79 Å². The first-order chi connectivity index (χ1) is 14.1. The van der Waals surface area contributed by atoms with Crippen molar-refractivity contribution in [3.8, 4) is 5.75 Å². The van der Waals surface area contributed by atoms with Gasteiger partial charge in [-0.3, -0.25) is 9.59 Å². The topological polar surface area (TPSA) is 67.4 Å². The Morgan fingerprint density at radius 2 is 1.72 bits per heavy atom. The van der Waals surface area contributed by atoms with Crippen LogP contribution >= 0.6 is 0 Å². The van der Waals surface area contributed by atoms with Crippen molar-refractivity contribution in [3.05, 3.63) is 59.7 Å². The molecule has 2 amide bonds. The van der Waals surface area contributed by atoms with Crippen LogP contribution in [0.15, 0.2) is 48.5 Å². The Labute approximate surface area is 172 Å². The van der Waals surface area contributed by atoms with Gasteiger partial charge in [-0.15, -0.1) is 0 Å². The third-order valence-electron chi connectivity index (χ3n) is 5.33. The Bertz CT molecular complexity index is 826. The van der Waals surface area contributed by atoms with Gasteiger partial charge in [0.1, 0.15) is 5.75 Å². The van der Waals surface area contributed by atoms with E-state index in [1.54, 1.807) is 12.1 Å². The van der Waals surface area contributed by atoms with Crippen molar-refractivity contribution in [3.63, 3.8) is 0 Å². The van der Waals surface area contributed by atoms with Gasteiger partial charge in [0.2, 0.25) is 0 Å². The summed E-state index contributed by atoms with van der Waals surface area (Å²) in [6.45, 7) is 3.91. The Morgan fingerprint density at radius 3 is 2.41 bits per heavy atom. The van der Waals surface area contributed by atoms with Crippen LogP contribution in [0.4, 0.5) is 5.69 Å². The van der Waals surface area contributed by atoms with Crippen molar-refractivity contribution in [2.24, 2.45) is 0 Å². The quantitative estimate of drug-likeness (QED) is 0.705. The summed E-state index contributed by atoms with van der Waals surface area (Å²) >= 11 is 0. The van der Waals surface area contributed by atoms with E-state index in [4.69, 9.17) is 4.74 Å². The van der Waals surface area contributed by atoms with Gasteiger partial charge in [0.25, 0.3) is 11.8 Å². The molecule has 29 heavy (non-hydrogen) atoms. The normalized spacial score (nSPS) is 15.4. The molecule has 0 radical (unpaired) electrons. The molecule has 3 rings (SSSR count). The standard InChI is InChI=1S/C24H30N2O3/c1-3-22(29-19-15-13-17(2)14-16-19)24(28)26-21-12-8-7-11-20(21)23(27)25-18-9-5-4-6-10-18/h7-8,11-16,18,22H,3-6,9-10H2,1-2H3,(H,25,27)(H,26,28). The van der Waals surface area contributed by atoms with Crippen LogP contribution in [0.3, 0.4) is 0 Å². The molecule has 2 N–H and O–H groups in total. The Balaban J connectivity index is 1.67. The summed E-state index contributed by atoms with van der Waals surface area (Å²) in [5, 5.41) is 6.00. The van der Waals surface area contributed by atoms with Gasteiger partial charge >= 0.3 is 0 Å². The van der Waals surface area contributed by atoms with Crippen LogP contribution in [0.2, 0.25) is 0 Å². The molecule has 2 aromatic carbocycles. The zero-order valence-electron chi connectivity index (χ0n) is 17.2. The van der Waals surface area contributed by atoms with E-state index in [9.17, 15) is 9.59 Å². The van der Waals surface area contributed by atoms with Crippen LogP contribution < -0.4 is 15.4 Å². The Morgan fingerprint density at radius 1 is 1.03 bits per heavy atom. The maximum atomic E-state index is 12.8. The first kappa shape index (κ1) is 20.9. The van der Waals surface area contributed by atoms with E-state index < -0.39 is 6.10 Å². The summed E-state index contributed by atoms with van der Waals surface area (Å²) in [6.07, 6.45) is 5.46. The molecule has 0 aliphatic heterocycles. The van der Waals surface area contributed by atoms with Crippen molar-refractivity contribution in [2.45, 2.75) is 64.5 Å². The second-order valence-corrected chi connectivity index (χ2v) is 7.67. The van der Waals surface area contributed by atoms with Gasteiger partial charge in [-0.1, -0.05) is 56.0 Å². The minimum absolute atomic E-state index is 0.139. The number of benzene rings is 2. The van der Waals surface area contributed by atoms with Crippen molar-refractivity contribution in [2.75, 3.05) is 5.32 Å². The van der Waals surface area contributed by atoms with Gasteiger partial charge in [-0.25, -0.2) is 0 Å². The fraction of sp³-hybridized carbons (Fsp3) is 0.417. The predicted octanol–water partition coefficient (Wildman–Crippen LogP) is 4.85. The molecular formula is C24H30N2O3. The van der Waals surface area contributed by atoms with Gasteiger partial charge < -0.3 is 15.4 Å². The third kappa shape index (κ3) is 5.83. The number of nitrogens with one attached hydrogen (secondary N) is 2. The smallest absolute Gasteiger partial charge is 0.265 e. The van der Waals surface area contributed by atoms with Gasteiger partial charge in [-0.05, 0) is 50.5 Å². The molecule has 1 saturated carbocycles. The van der Waals surface area contributed by atoms with Gasteiger partial charge in [0.15, 0.2) is 6.10 Å². The molecular weight excluding hydrogens is 364 g/mol. The molecule has 0 spiro atoms. The number of carbonyl (C=O) groups is 2. The first-order valence-corrected chi connectivity index (χ1v) is 10.5. The fourth-order valence-corrected chi connectivity index (χ4v) is 3.62. The molecule has 5 heteroatoms. The van der Waals surface area contributed by atoms with Crippen molar-refractivity contribution in [1.29, 1.82) is 0 Å². The Hall–Kier alpha value is -2.82. The number of hydrogen-bond donors (Lipinski definition) is 2. The van der Waals surface area contributed by atoms with Crippen LogP contribution in [0.5, 0.6) is 5.75 Å². The highest BCUT2D eigenvalue weighted by atomic mass is 16.5. The van der Waals surface area contributed by atoms with Crippen molar-refractivity contribution < 1.29 is 14.3 Å². The highest BCUT2D eigenvalue weighted by molar-refractivity contribution is 6.04. The number of rotatable bonds is 7. The maximum absolute atomic E-state index is 12.8. The first-order valence-electron chi connectivity index (χ1n) is 10.5. The summed E-state index contributed by atoms with van der Waals surface area (Å²) in [5.41, 5.74) is 2.13. The third-order valence-corrected chi connectivity index (χ3v) is 5.33. The number of para-hydroxylation sites is 1. The lowest BCUT2D eigenvalue weighted by Gasteiger charge is -2.23. The Kier molecular flexibility index (Phi) is 7.28. The number of carbonyl (C=O) groups excluding carboxylic acids is 2. The SMILES string of the molecule is CCC(Oc1ccc(C)cc1)C(=O)Nc1ccccc1C(=O)NC1CCCCC1.